The van der Waals surface area contributed by atoms with Gasteiger partial charge in [0.15, 0.2) is 0 Å². The average molecular weight is 330 g/mol. The SMILES string of the molecule is CN1[C@@H](CN)CC[C@H]1CC(=O)NCc1ccc(Cl)c(Cl)c1. The predicted octanol–water partition coefficient (Wildman–Crippen LogP) is 2.42. The van der Waals surface area contributed by atoms with Crippen LogP contribution < -0.4 is 11.1 Å². The van der Waals surface area contributed by atoms with Crippen LogP contribution in [-0.2, 0) is 11.3 Å². The third-order valence-corrected chi connectivity index (χ3v) is 4.89. The molecule has 1 aromatic rings. The van der Waals surface area contributed by atoms with Crippen LogP contribution in [0.5, 0.6) is 0 Å². The molecule has 2 atom stereocenters. The van der Waals surface area contributed by atoms with Gasteiger partial charge in [0.1, 0.15) is 0 Å². The van der Waals surface area contributed by atoms with Gasteiger partial charge in [0.05, 0.1) is 10.0 Å². The number of benzene rings is 1. The van der Waals surface area contributed by atoms with Crippen molar-refractivity contribution in [2.24, 2.45) is 5.73 Å². The molecule has 1 aromatic carbocycles. The first-order valence-corrected chi connectivity index (χ1v) is 7.89. The maximum atomic E-state index is 12.0. The number of nitrogens with one attached hydrogen (secondary N) is 1. The lowest BCUT2D eigenvalue weighted by atomic mass is 10.1. The number of nitrogens with two attached hydrogens (primary N) is 1. The molecule has 1 saturated heterocycles. The fraction of sp³-hybridized carbons (Fsp3) is 0.533. The molecule has 1 aliphatic rings. The van der Waals surface area contributed by atoms with E-state index in [2.05, 4.69) is 10.2 Å². The highest BCUT2D eigenvalue weighted by atomic mass is 35.5. The zero-order valence-electron chi connectivity index (χ0n) is 12.1. The van der Waals surface area contributed by atoms with Crippen molar-refractivity contribution in [1.82, 2.24) is 10.2 Å². The van der Waals surface area contributed by atoms with Crippen LogP contribution in [0.25, 0.3) is 0 Å². The van der Waals surface area contributed by atoms with Crippen LogP contribution in [0.15, 0.2) is 18.2 Å². The number of carbonyl (C=O) groups is 1. The third-order valence-electron chi connectivity index (χ3n) is 4.15. The van der Waals surface area contributed by atoms with Crippen molar-refractivity contribution in [3.05, 3.63) is 33.8 Å². The van der Waals surface area contributed by atoms with E-state index in [0.717, 1.165) is 18.4 Å². The highest BCUT2D eigenvalue weighted by Crippen LogP contribution is 2.24. The Kier molecular flexibility index (Phi) is 5.88. The average Bonchev–Trinajstić information content (AvgIpc) is 2.81. The van der Waals surface area contributed by atoms with Gasteiger partial charge in [-0.15, -0.1) is 0 Å². The summed E-state index contributed by atoms with van der Waals surface area (Å²) < 4.78 is 0. The van der Waals surface area contributed by atoms with Crippen molar-refractivity contribution >= 4 is 29.1 Å². The number of likely N-dealkylation sites (N-methyl/N-ethyl adjacent to an activating group) is 1. The van der Waals surface area contributed by atoms with Crippen molar-refractivity contribution in [2.75, 3.05) is 13.6 Å². The maximum Gasteiger partial charge on any atom is 0.221 e. The number of halogens is 2. The molecule has 1 amide bonds. The normalized spacial score (nSPS) is 22.5. The molecule has 0 unspecified atom stereocenters. The summed E-state index contributed by atoms with van der Waals surface area (Å²) in [4.78, 5) is 14.3. The Morgan fingerprint density at radius 2 is 2.05 bits per heavy atom. The van der Waals surface area contributed by atoms with E-state index in [9.17, 15) is 4.79 Å². The number of nitrogens with zero attached hydrogens (tertiary/aromatic N) is 1. The molecule has 21 heavy (non-hydrogen) atoms. The number of amides is 1. The van der Waals surface area contributed by atoms with Crippen LogP contribution in [0, 0.1) is 0 Å². The van der Waals surface area contributed by atoms with Gasteiger partial charge in [0, 0.05) is 31.6 Å². The Bertz CT molecular complexity index is 510. The van der Waals surface area contributed by atoms with Gasteiger partial charge in [-0.2, -0.15) is 0 Å². The molecule has 116 valence electrons. The zero-order valence-corrected chi connectivity index (χ0v) is 13.6. The molecule has 2 rings (SSSR count). The minimum absolute atomic E-state index is 0.0515. The molecular weight excluding hydrogens is 309 g/mol. The van der Waals surface area contributed by atoms with E-state index in [1.165, 1.54) is 0 Å². The lowest BCUT2D eigenvalue weighted by Crippen LogP contribution is -2.39. The van der Waals surface area contributed by atoms with E-state index in [0.29, 0.717) is 35.6 Å². The summed E-state index contributed by atoms with van der Waals surface area (Å²) in [5.41, 5.74) is 6.65. The van der Waals surface area contributed by atoms with Crippen LogP contribution in [0.1, 0.15) is 24.8 Å². The number of carbonyl (C=O) groups excluding carboxylic acids is 1. The molecule has 1 aliphatic heterocycles. The van der Waals surface area contributed by atoms with Crippen LogP contribution in [0.2, 0.25) is 10.0 Å². The minimum Gasteiger partial charge on any atom is -0.352 e. The molecule has 0 radical (unpaired) electrons. The molecule has 6 heteroatoms. The standard InChI is InChI=1S/C15H21Cl2N3O/c1-20-11(3-4-12(20)8-18)7-15(21)19-9-10-2-5-13(16)14(17)6-10/h2,5-6,11-12H,3-4,7-9,18H2,1H3,(H,19,21)/t11-,12+/m0/s1. The number of hydrogen-bond acceptors (Lipinski definition) is 3. The van der Waals surface area contributed by atoms with Crippen LogP contribution in [0.3, 0.4) is 0 Å². The summed E-state index contributed by atoms with van der Waals surface area (Å²) in [6, 6.07) is 6.06. The molecule has 0 aliphatic carbocycles. The topological polar surface area (TPSA) is 58.4 Å². The van der Waals surface area contributed by atoms with Crippen molar-refractivity contribution in [3.63, 3.8) is 0 Å². The fourth-order valence-electron chi connectivity index (χ4n) is 2.76. The van der Waals surface area contributed by atoms with Crippen LogP contribution in [0.4, 0.5) is 0 Å². The van der Waals surface area contributed by atoms with Crippen molar-refractivity contribution in [2.45, 2.75) is 37.9 Å². The van der Waals surface area contributed by atoms with E-state index in [-0.39, 0.29) is 11.9 Å². The first-order chi connectivity index (χ1) is 10.0. The number of hydrogen-bond donors (Lipinski definition) is 2. The summed E-state index contributed by atoms with van der Waals surface area (Å²) >= 11 is 11.8. The summed E-state index contributed by atoms with van der Waals surface area (Å²) in [7, 11) is 2.04. The van der Waals surface area contributed by atoms with E-state index in [1.54, 1.807) is 12.1 Å². The first kappa shape index (κ1) is 16.6. The molecule has 4 nitrogen and oxygen atoms in total. The van der Waals surface area contributed by atoms with E-state index < -0.39 is 0 Å². The van der Waals surface area contributed by atoms with Crippen molar-refractivity contribution in [3.8, 4) is 0 Å². The summed E-state index contributed by atoms with van der Waals surface area (Å²) in [6.45, 7) is 1.12. The molecule has 0 spiro atoms. The van der Waals surface area contributed by atoms with Gasteiger partial charge in [-0.05, 0) is 37.6 Å². The summed E-state index contributed by atoms with van der Waals surface area (Å²) in [5.74, 6) is 0.0515. The van der Waals surface area contributed by atoms with Crippen LogP contribution in [-0.4, -0.2) is 36.5 Å². The Morgan fingerprint density at radius 3 is 2.67 bits per heavy atom. The summed E-state index contributed by atoms with van der Waals surface area (Å²) in [5, 5.41) is 3.95. The van der Waals surface area contributed by atoms with Gasteiger partial charge < -0.3 is 11.1 Å². The van der Waals surface area contributed by atoms with Gasteiger partial charge in [-0.3, -0.25) is 9.69 Å². The number of rotatable bonds is 5. The Labute approximate surface area is 135 Å². The lowest BCUT2D eigenvalue weighted by Gasteiger charge is -2.24. The maximum absolute atomic E-state index is 12.0. The number of likely N-dealkylation sites (tertiary alicyclic amines) is 1. The Balaban J connectivity index is 1.81. The summed E-state index contributed by atoms with van der Waals surface area (Å²) in [6.07, 6.45) is 2.60. The van der Waals surface area contributed by atoms with Gasteiger partial charge in [-0.1, -0.05) is 29.3 Å². The molecule has 0 aromatic heterocycles. The monoisotopic (exact) mass is 329 g/mol. The van der Waals surface area contributed by atoms with Gasteiger partial charge in [-0.25, -0.2) is 0 Å². The van der Waals surface area contributed by atoms with Crippen molar-refractivity contribution < 1.29 is 4.79 Å². The Morgan fingerprint density at radius 1 is 1.33 bits per heavy atom. The van der Waals surface area contributed by atoms with Crippen LogP contribution >= 0.6 is 23.2 Å². The van der Waals surface area contributed by atoms with E-state index in [4.69, 9.17) is 28.9 Å². The quantitative estimate of drug-likeness (QED) is 0.872. The molecular formula is C15H21Cl2N3O. The second kappa shape index (κ2) is 7.45. The predicted molar refractivity (Wildman–Crippen MR) is 86.6 cm³/mol. The van der Waals surface area contributed by atoms with E-state index >= 15 is 0 Å². The minimum atomic E-state index is 0.0515. The molecule has 3 N–H and O–H groups in total. The van der Waals surface area contributed by atoms with Gasteiger partial charge in [0.25, 0.3) is 0 Å². The van der Waals surface area contributed by atoms with Gasteiger partial charge >= 0.3 is 0 Å². The molecule has 1 fully saturated rings. The Hall–Kier alpha value is -0.810. The largest absolute Gasteiger partial charge is 0.352 e. The third kappa shape index (κ3) is 4.33. The zero-order chi connectivity index (χ0) is 15.4. The lowest BCUT2D eigenvalue weighted by molar-refractivity contribution is -0.122. The highest BCUT2D eigenvalue weighted by Gasteiger charge is 2.30. The first-order valence-electron chi connectivity index (χ1n) is 7.14. The second-order valence-corrected chi connectivity index (χ2v) is 6.33. The second-order valence-electron chi connectivity index (χ2n) is 5.52. The fourth-order valence-corrected chi connectivity index (χ4v) is 3.08. The van der Waals surface area contributed by atoms with E-state index in [1.807, 2.05) is 13.1 Å². The molecule has 0 saturated carbocycles. The highest BCUT2D eigenvalue weighted by molar-refractivity contribution is 6.42. The smallest absolute Gasteiger partial charge is 0.221 e. The molecule has 0 bridgehead atoms. The van der Waals surface area contributed by atoms with Gasteiger partial charge in [0.2, 0.25) is 5.91 Å². The van der Waals surface area contributed by atoms with Crippen molar-refractivity contribution in [1.29, 1.82) is 0 Å². The molecule has 1 heterocycles.